The summed E-state index contributed by atoms with van der Waals surface area (Å²) in [6, 6.07) is 17.0. The maximum absolute atomic E-state index is 13.4. The number of fused-ring (bicyclic) bond motifs is 1. The average molecular weight is 505 g/mol. The van der Waals surface area contributed by atoms with Gasteiger partial charge >= 0.3 is 0 Å². The van der Waals surface area contributed by atoms with Crippen LogP contribution in [0.3, 0.4) is 0 Å². The van der Waals surface area contributed by atoms with Crippen molar-refractivity contribution >= 4 is 48.7 Å². The lowest BCUT2D eigenvalue weighted by Crippen LogP contribution is -2.35. The van der Waals surface area contributed by atoms with Gasteiger partial charge in [-0.25, -0.2) is 16.8 Å². The number of benzene rings is 3. The Labute approximate surface area is 198 Å². The molecule has 0 saturated heterocycles. The van der Waals surface area contributed by atoms with Crippen LogP contribution in [0.1, 0.15) is 22.3 Å². The summed E-state index contributed by atoms with van der Waals surface area (Å²) in [6.07, 6.45) is 2.40. The minimum Gasteiger partial charge on any atom is -0.322 e. The van der Waals surface area contributed by atoms with Crippen molar-refractivity contribution in [2.24, 2.45) is 0 Å². The lowest BCUT2D eigenvalue weighted by molar-refractivity contribution is 0.102. The van der Waals surface area contributed by atoms with Crippen molar-refractivity contribution in [1.82, 2.24) is 0 Å². The first-order valence-corrected chi connectivity index (χ1v) is 13.8. The van der Waals surface area contributed by atoms with E-state index in [1.165, 1.54) is 28.6 Å². The van der Waals surface area contributed by atoms with Crippen LogP contribution in [0.2, 0.25) is 5.02 Å². The lowest BCUT2D eigenvalue weighted by Gasteiger charge is -2.31. The third kappa shape index (κ3) is 4.75. The number of nitrogens with zero attached hydrogens (tertiary/aromatic N) is 1. The molecule has 0 aliphatic carbocycles. The quantitative estimate of drug-likeness (QED) is 0.563. The first kappa shape index (κ1) is 23.3. The second kappa shape index (κ2) is 8.81. The van der Waals surface area contributed by atoms with E-state index >= 15 is 0 Å². The Morgan fingerprint density at radius 3 is 2.27 bits per heavy atom. The summed E-state index contributed by atoms with van der Waals surface area (Å²) in [4.78, 5) is 12.7. The second-order valence-electron chi connectivity index (χ2n) is 7.70. The van der Waals surface area contributed by atoms with Gasteiger partial charge in [-0.05, 0) is 66.9 Å². The van der Waals surface area contributed by atoms with Gasteiger partial charge in [-0.1, -0.05) is 29.8 Å². The van der Waals surface area contributed by atoms with Crippen molar-refractivity contribution in [3.63, 3.8) is 0 Å². The summed E-state index contributed by atoms with van der Waals surface area (Å²) in [5, 5.41) is 3.09. The molecule has 10 heteroatoms. The highest BCUT2D eigenvalue weighted by Gasteiger charge is 2.30. The molecule has 1 aliphatic heterocycles. The largest absolute Gasteiger partial charge is 0.322 e. The molecule has 1 heterocycles. The number of sulfone groups is 1. The van der Waals surface area contributed by atoms with E-state index in [1.54, 1.807) is 42.5 Å². The van der Waals surface area contributed by atoms with Gasteiger partial charge in [-0.2, -0.15) is 0 Å². The molecule has 0 unspecified atom stereocenters. The van der Waals surface area contributed by atoms with Crippen LogP contribution in [-0.2, 0) is 26.3 Å². The fraction of sp³-hybridized carbons (Fsp3) is 0.174. The van der Waals surface area contributed by atoms with Gasteiger partial charge in [0, 0.05) is 18.5 Å². The Morgan fingerprint density at radius 2 is 1.61 bits per heavy atom. The number of hydrogen-bond donors (Lipinski definition) is 1. The first-order valence-electron chi connectivity index (χ1n) is 10.1. The van der Waals surface area contributed by atoms with Gasteiger partial charge in [0.25, 0.3) is 15.9 Å². The Hall–Kier alpha value is -2.88. The van der Waals surface area contributed by atoms with Crippen LogP contribution in [0.15, 0.2) is 76.5 Å². The van der Waals surface area contributed by atoms with Crippen molar-refractivity contribution in [3.05, 3.63) is 82.9 Å². The molecule has 3 aromatic carbocycles. The van der Waals surface area contributed by atoms with Crippen LogP contribution in [-0.4, -0.2) is 35.5 Å². The van der Waals surface area contributed by atoms with Crippen LogP contribution in [0.4, 0.5) is 11.4 Å². The number of hydrogen-bond acceptors (Lipinski definition) is 5. The van der Waals surface area contributed by atoms with E-state index in [4.69, 9.17) is 11.6 Å². The summed E-state index contributed by atoms with van der Waals surface area (Å²) in [6.45, 7) is 0.269. The van der Waals surface area contributed by atoms with E-state index in [0.29, 0.717) is 34.8 Å². The number of amides is 1. The first-order chi connectivity index (χ1) is 15.6. The SMILES string of the molecule is CS(=O)(=O)c1ccc(S(=O)(=O)N2CCCc3ccc(NC(=O)c4ccccc4Cl)cc32)cc1. The molecule has 0 atom stereocenters. The normalized spacial score (nSPS) is 13.9. The zero-order valence-corrected chi connectivity index (χ0v) is 20.0. The molecule has 0 bridgehead atoms. The Morgan fingerprint density at radius 1 is 0.939 bits per heavy atom. The predicted octanol–water partition coefficient (Wildman–Crippen LogP) is 4.14. The Bertz CT molecular complexity index is 1440. The van der Waals surface area contributed by atoms with Crippen molar-refractivity contribution < 1.29 is 21.6 Å². The molecule has 4 rings (SSSR count). The van der Waals surface area contributed by atoms with Crippen molar-refractivity contribution in [3.8, 4) is 0 Å². The van der Waals surface area contributed by atoms with E-state index in [-0.39, 0.29) is 16.3 Å². The number of nitrogens with one attached hydrogen (secondary N) is 1. The van der Waals surface area contributed by atoms with Crippen LogP contribution in [0.5, 0.6) is 0 Å². The van der Waals surface area contributed by atoms with Crippen molar-refractivity contribution in [1.29, 1.82) is 0 Å². The molecule has 1 aliphatic rings. The van der Waals surface area contributed by atoms with Gasteiger partial charge in [0.2, 0.25) is 0 Å². The number of halogens is 1. The molecule has 33 heavy (non-hydrogen) atoms. The number of rotatable bonds is 5. The Kier molecular flexibility index (Phi) is 6.22. The highest BCUT2D eigenvalue weighted by Crippen LogP contribution is 2.34. The lowest BCUT2D eigenvalue weighted by atomic mass is 10.0. The monoisotopic (exact) mass is 504 g/mol. The van der Waals surface area contributed by atoms with Gasteiger partial charge in [-0.15, -0.1) is 0 Å². The maximum Gasteiger partial charge on any atom is 0.264 e. The number of sulfonamides is 1. The summed E-state index contributed by atoms with van der Waals surface area (Å²) >= 11 is 6.10. The molecule has 0 radical (unpaired) electrons. The van der Waals surface area contributed by atoms with Crippen LogP contribution in [0.25, 0.3) is 0 Å². The number of aryl methyl sites for hydroxylation is 1. The molecule has 0 spiro atoms. The molecule has 0 aromatic heterocycles. The topological polar surface area (TPSA) is 101 Å². The van der Waals surface area contributed by atoms with E-state index < -0.39 is 25.8 Å². The maximum atomic E-state index is 13.4. The van der Waals surface area contributed by atoms with Crippen LogP contribution < -0.4 is 9.62 Å². The fourth-order valence-electron chi connectivity index (χ4n) is 3.70. The minimum atomic E-state index is -3.94. The van der Waals surface area contributed by atoms with E-state index in [2.05, 4.69) is 5.32 Å². The molecule has 0 saturated carbocycles. The fourth-order valence-corrected chi connectivity index (χ4v) is 6.08. The van der Waals surface area contributed by atoms with E-state index in [0.717, 1.165) is 11.8 Å². The minimum absolute atomic E-state index is 0.00624. The van der Waals surface area contributed by atoms with Crippen molar-refractivity contribution in [2.45, 2.75) is 22.6 Å². The van der Waals surface area contributed by atoms with Crippen molar-refractivity contribution in [2.75, 3.05) is 22.4 Å². The second-order valence-corrected chi connectivity index (χ2v) is 12.0. The summed E-state index contributed by atoms with van der Waals surface area (Å²) in [5.41, 5.74) is 2.07. The molecule has 0 fully saturated rings. The Balaban J connectivity index is 1.67. The standard InChI is InChI=1S/C23H21ClN2O5S2/c1-32(28,29)18-10-12-19(13-11-18)33(30,31)26-14-4-5-16-8-9-17(15-22(16)26)25-23(27)20-6-2-3-7-21(20)24/h2-3,6-13,15H,4-5,14H2,1H3,(H,25,27). The van der Waals surface area contributed by atoms with E-state index in [1.807, 2.05) is 0 Å². The van der Waals surface area contributed by atoms with Gasteiger partial charge in [0.1, 0.15) is 0 Å². The molecular weight excluding hydrogens is 484 g/mol. The average Bonchev–Trinajstić information content (AvgIpc) is 2.78. The summed E-state index contributed by atoms with van der Waals surface area (Å²) in [5.74, 6) is -0.401. The highest BCUT2D eigenvalue weighted by molar-refractivity contribution is 7.93. The van der Waals surface area contributed by atoms with Gasteiger partial charge in [0.15, 0.2) is 9.84 Å². The van der Waals surface area contributed by atoms with Gasteiger partial charge in [-0.3, -0.25) is 9.10 Å². The third-order valence-corrected chi connectivity index (χ3v) is 8.66. The molecule has 1 N–H and O–H groups in total. The van der Waals surface area contributed by atoms with Crippen LogP contribution in [0, 0.1) is 0 Å². The number of anilines is 2. The number of carbonyl (C=O) groups is 1. The molecule has 172 valence electrons. The molecule has 3 aromatic rings. The third-order valence-electron chi connectivity index (χ3n) is 5.38. The number of carbonyl (C=O) groups excluding carboxylic acids is 1. The predicted molar refractivity (Wildman–Crippen MR) is 128 cm³/mol. The van der Waals surface area contributed by atoms with Gasteiger partial charge < -0.3 is 5.32 Å². The zero-order chi connectivity index (χ0) is 23.8. The summed E-state index contributed by atoms with van der Waals surface area (Å²) < 4.78 is 51.5. The zero-order valence-electron chi connectivity index (χ0n) is 17.7. The van der Waals surface area contributed by atoms with Crippen LogP contribution >= 0.6 is 11.6 Å². The summed E-state index contributed by atoms with van der Waals surface area (Å²) in [7, 11) is -7.38. The molecule has 7 nitrogen and oxygen atoms in total. The molecule has 1 amide bonds. The van der Waals surface area contributed by atoms with E-state index in [9.17, 15) is 21.6 Å². The highest BCUT2D eigenvalue weighted by atomic mass is 35.5. The molecular formula is C23H21ClN2O5S2. The smallest absolute Gasteiger partial charge is 0.264 e. The van der Waals surface area contributed by atoms with Gasteiger partial charge in [0.05, 0.1) is 26.1 Å².